The summed E-state index contributed by atoms with van der Waals surface area (Å²) < 4.78 is 12.0. The zero-order valence-corrected chi connectivity index (χ0v) is 13.5. The smallest absolute Gasteiger partial charge is 0.199 e. The number of fused-ring (bicyclic) bond motifs is 3. The maximum absolute atomic E-state index is 12.6. The molecule has 2 atom stereocenters. The van der Waals surface area contributed by atoms with Gasteiger partial charge < -0.3 is 14.6 Å². The van der Waals surface area contributed by atoms with Crippen molar-refractivity contribution in [3.05, 3.63) is 65.2 Å². The van der Waals surface area contributed by atoms with Crippen LogP contribution in [0.5, 0.6) is 11.5 Å². The van der Waals surface area contributed by atoms with Crippen molar-refractivity contribution in [1.29, 1.82) is 0 Å². The monoisotopic (exact) mass is 322 g/mol. The molecule has 0 amide bonds. The minimum absolute atomic E-state index is 0.328. The first-order valence-corrected chi connectivity index (χ1v) is 7.95. The van der Waals surface area contributed by atoms with Gasteiger partial charge in [-0.15, -0.1) is 0 Å². The van der Waals surface area contributed by atoms with E-state index in [-0.39, 0.29) is 5.78 Å². The molecule has 0 radical (unpaired) electrons. The lowest BCUT2D eigenvalue weighted by Crippen LogP contribution is -2.37. The number of hydrogen-bond donors (Lipinski definition) is 1. The minimum atomic E-state index is -1.22. The molecule has 0 aromatic heterocycles. The van der Waals surface area contributed by atoms with Crippen LogP contribution in [0.3, 0.4) is 0 Å². The number of rotatable bonds is 1. The predicted octanol–water partition coefficient (Wildman–Crippen LogP) is 3.55. The maximum Gasteiger partial charge on any atom is 0.199 e. The highest BCUT2D eigenvalue weighted by atomic mass is 16.5. The molecule has 24 heavy (non-hydrogen) atoms. The molecule has 4 heteroatoms. The average molecular weight is 322 g/mol. The Hall–Kier alpha value is -2.59. The van der Waals surface area contributed by atoms with E-state index in [1.165, 1.54) is 0 Å². The van der Waals surface area contributed by atoms with Crippen LogP contribution >= 0.6 is 0 Å². The molecule has 0 fully saturated rings. The van der Waals surface area contributed by atoms with Crippen molar-refractivity contribution in [2.24, 2.45) is 0 Å². The van der Waals surface area contributed by atoms with Crippen LogP contribution in [0.1, 0.15) is 41.4 Å². The van der Waals surface area contributed by atoms with E-state index in [1.807, 2.05) is 56.3 Å². The van der Waals surface area contributed by atoms with Crippen LogP contribution < -0.4 is 9.47 Å². The summed E-state index contributed by atoms with van der Waals surface area (Å²) in [5.41, 5.74) is 1.50. The number of carbonyl (C=O) groups excluding carboxylic acids is 1. The maximum atomic E-state index is 12.6. The lowest BCUT2D eigenvalue weighted by atomic mass is 9.90. The van der Waals surface area contributed by atoms with Gasteiger partial charge in [0.2, 0.25) is 0 Å². The van der Waals surface area contributed by atoms with Crippen molar-refractivity contribution in [3.8, 4) is 11.5 Å². The molecule has 4 rings (SSSR count). The molecule has 2 unspecified atom stereocenters. The second kappa shape index (κ2) is 5.21. The molecular weight excluding hydrogens is 304 g/mol. The Morgan fingerprint density at radius 1 is 1.08 bits per heavy atom. The van der Waals surface area contributed by atoms with Gasteiger partial charge in [-0.25, -0.2) is 0 Å². The molecule has 0 saturated heterocycles. The first-order valence-electron chi connectivity index (χ1n) is 7.95. The van der Waals surface area contributed by atoms with Crippen LogP contribution in [-0.4, -0.2) is 22.6 Å². The number of ether oxygens (including phenoxy) is 2. The molecule has 0 spiro atoms. The van der Waals surface area contributed by atoms with E-state index in [0.717, 1.165) is 11.1 Å². The molecule has 2 aromatic rings. The van der Waals surface area contributed by atoms with Crippen molar-refractivity contribution in [2.75, 3.05) is 0 Å². The van der Waals surface area contributed by atoms with Gasteiger partial charge in [-0.3, -0.25) is 4.79 Å². The third-order valence-corrected chi connectivity index (χ3v) is 4.37. The fraction of sp³-hybridized carbons (Fsp3) is 0.250. The van der Waals surface area contributed by atoms with E-state index in [1.54, 1.807) is 12.1 Å². The van der Waals surface area contributed by atoms with Gasteiger partial charge in [-0.05, 0) is 43.7 Å². The Labute approximate surface area is 140 Å². The summed E-state index contributed by atoms with van der Waals surface area (Å²) >= 11 is 0. The van der Waals surface area contributed by atoms with Gasteiger partial charge in [0.15, 0.2) is 18.0 Å². The Morgan fingerprint density at radius 3 is 2.58 bits per heavy atom. The summed E-state index contributed by atoms with van der Waals surface area (Å²) in [5.74, 6) is 0.826. The Balaban J connectivity index is 1.83. The highest BCUT2D eigenvalue weighted by Crippen LogP contribution is 2.44. The van der Waals surface area contributed by atoms with Gasteiger partial charge in [0, 0.05) is 0 Å². The van der Waals surface area contributed by atoms with Crippen LogP contribution in [0, 0.1) is 0 Å². The minimum Gasteiger partial charge on any atom is -0.483 e. The van der Waals surface area contributed by atoms with Crippen molar-refractivity contribution < 1.29 is 19.4 Å². The molecule has 4 nitrogen and oxygen atoms in total. The van der Waals surface area contributed by atoms with Gasteiger partial charge in [0.1, 0.15) is 17.1 Å². The van der Waals surface area contributed by atoms with Gasteiger partial charge in [-0.1, -0.05) is 30.3 Å². The summed E-state index contributed by atoms with van der Waals surface area (Å²) in [6.07, 6.45) is 1.92. The van der Waals surface area contributed by atoms with Crippen LogP contribution in [0.4, 0.5) is 0 Å². The standard InChI is InChI=1S/C20H18O4/c1-20(2)11-10-13-15(24-20)9-8-14-16(21)17(22)18(23-19(13)14)12-6-4-3-5-7-12/h3-11,17-18,22H,1-2H3. The second-order valence-corrected chi connectivity index (χ2v) is 6.65. The van der Waals surface area contributed by atoms with Crippen molar-refractivity contribution in [2.45, 2.75) is 31.7 Å². The molecule has 122 valence electrons. The molecule has 0 aliphatic carbocycles. The van der Waals surface area contributed by atoms with Gasteiger partial charge in [0.05, 0.1) is 11.1 Å². The second-order valence-electron chi connectivity index (χ2n) is 6.65. The third kappa shape index (κ3) is 2.31. The first-order chi connectivity index (χ1) is 11.5. The number of benzene rings is 2. The summed E-state index contributed by atoms with van der Waals surface area (Å²) in [5, 5.41) is 10.4. The number of aliphatic hydroxyl groups is 1. The Bertz CT molecular complexity index is 836. The quantitative estimate of drug-likeness (QED) is 0.872. The lowest BCUT2D eigenvalue weighted by Gasteiger charge is -2.34. The van der Waals surface area contributed by atoms with E-state index >= 15 is 0 Å². The van der Waals surface area contributed by atoms with Crippen LogP contribution in [0.25, 0.3) is 6.08 Å². The largest absolute Gasteiger partial charge is 0.483 e. The van der Waals surface area contributed by atoms with Crippen LogP contribution in [-0.2, 0) is 0 Å². The molecule has 2 aromatic carbocycles. The Kier molecular flexibility index (Phi) is 3.25. The summed E-state index contributed by atoms with van der Waals surface area (Å²) in [6.45, 7) is 3.93. The zero-order valence-electron chi connectivity index (χ0n) is 13.5. The molecule has 2 aliphatic heterocycles. The number of ketones is 1. The summed E-state index contributed by atoms with van der Waals surface area (Å²) in [4.78, 5) is 12.6. The fourth-order valence-corrected chi connectivity index (χ4v) is 3.13. The highest BCUT2D eigenvalue weighted by molar-refractivity contribution is 6.04. The summed E-state index contributed by atoms with van der Waals surface area (Å²) in [6, 6.07) is 12.7. The Morgan fingerprint density at radius 2 is 1.83 bits per heavy atom. The predicted molar refractivity (Wildman–Crippen MR) is 90.3 cm³/mol. The van der Waals surface area contributed by atoms with Crippen LogP contribution in [0.2, 0.25) is 0 Å². The molecule has 2 aliphatic rings. The van der Waals surface area contributed by atoms with Gasteiger partial charge in [0.25, 0.3) is 0 Å². The number of Topliss-reactive ketones (excluding diaryl/α,β-unsaturated/α-hetero) is 1. The number of carbonyl (C=O) groups is 1. The highest BCUT2D eigenvalue weighted by Gasteiger charge is 2.39. The molecule has 0 bridgehead atoms. The molecule has 2 heterocycles. The van der Waals surface area contributed by atoms with Gasteiger partial charge >= 0.3 is 0 Å². The molecule has 1 N–H and O–H groups in total. The van der Waals surface area contributed by atoms with Crippen LogP contribution in [0.15, 0.2) is 48.5 Å². The number of aliphatic hydroxyl groups excluding tert-OH is 1. The van der Waals surface area contributed by atoms with E-state index < -0.39 is 17.8 Å². The van der Waals surface area contributed by atoms with E-state index in [0.29, 0.717) is 17.1 Å². The third-order valence-electron chi connectivity index (χ3n) is 4.37. The SMILES string of the molecule is CC1(C)C=Cc2c(ccc3c2OC(c2ccccc2)C(O)C3=O)O1. The molecule has 0 saturated carbocycles. The van der Waals surface area contributed by atoms with Crippen molar-refractivity contribution in [3.63, 3.8) is 0 Å². The normalized spacial score (nSPS) is 23.7. The average Bonchev–Trinajstić information content (AvgIpc) is 2.57. The first kappa shape index (κ1) is 15.0. The zero-order chi connectivity index (χ0) is 16.9. The van der Waals surface area contributed by atoms with E-state index in [2.05, 4.69) is 0 Å². The lowest BCUT2D eigenvalue weighted by molar-refractivity contribution is 0.0212. The van der Waals surface area contributed by atoms with Crippen molar-refractivity contribution >= 4 is 11.9 Å². The van der Waals surface area contributed by atoms with E-state index in [4.69, 9.17) is 9.47 Å². The topological polar surface area (TPSA) is 55.8 Å². The van der Waals surface area contributed by atoms with Crippen molar-refractivity contribution in [1.82, 2.24) is 0 Å². The fourth-order valence-electron chi connectivity index (χ4n) is 3.13. The van der Waals surface area contributed by atoms with Gasteiger partial charge in [-0.2, -0.15) is 0 Å². The van der Waals surface area contributed by atoms with E-state index in [9.17, 15) is 9.90 Å². The number of hydrogen-bond acceptors (Lipinski definition) is 4. The molecular formula is C20H18O4. The summed E-state index contributed by atoms with van der Waals surface area (Å²) in [7, 11) is 0.